The zero-order valence-electron chi connectivity index (χ0n) is 7.85. The second-order valence-corrected chi connectivity index (χ2v) is 5.01. The van der Waals surface area contributed by atoms with E-state index in [4.69, 9.17) is 0 Å². The monoisotopic (exact) mass is 150 g/mol. The van der Waals surface area contributed by atoms with Crippen LogP contribution in [0.4, 0.5) is 0 Å². The van der Waals surface area contributed by atoms with Crippen LogP contribution in [0.1, 0.15) is 33.6 Å². The molecule has 0 saturated heterocycles. The minimum atomic E-state index is 0.626. The Morgan fingerprint density at radius 2 is 2.09 bits per heavy atom. The lowest BCUT2D eigenvalue weighted by molar-refractivity contribution is -0.0720. The van der Waals surface area contributed by atoms with E-state index >= 15 is 0 Å². The summed E-state index contributed by atoms with van der Waals surface area (Å²) in [7, 11) is 0. The van der Waals surface area contributed by atoms with Gasteiger partial charge in [-0.05, 0) is 36.0 Å². The Morgan fingerprint density at radius 3 is 2.45 bits per heavy atom. The summed E-state index contributed by atoms with van der Waals surface area (Å²) in [5, 5.41) is 0. The van der Waals surface area contributed by atoms with Gasteiger partial charge in [0.15, 0.2) is 0 Å². The van der Waals surface area contributed by atoms with Crippen LogP contribution in [0.5, 0.6) is 0 Å². The van der Waals surface area contributed by atoms with Crippen LogP contribution in [0.2, 0.25) is 0 Å². The van der Waals surface area contributed by atoms with Gasteiger partial charge in [-0.2, -0.15) is 0 Å². The van der Waals surface area contributed by atoms with Gasteiger partial charge in [-0.25, -0.2) is 0 Å². The molecular formula is C11H18. The largest absolute Gasteiger partial charge is 0.0996 e. The first kappa shape index (κ1) is 7.39. The van der Waals surface area contributed by atoms with E-state index in [-0.39, 0.29) is 0 Å². The van der Waals surface area contributed by atoms with Crippen LogP contribution in [-0.2, 0) is 0 Å². The van der Waals surface area contributed by atoms with Crippen molar-refractivity contribution in [1.29, 1.82) is 0 Å². The second-order valence-electron chi connectivity index (χ2n) is 5.01. The van der Waals surface area contributed by atoms with Crippen molar-refractivity contribution in [2.45, 2.75) is 33.6 Å². The molecule has 11 heavy (non-hydrogen) atoms. The second kappa shape index (κ2) is 1.91. The number of rotatable bonds is 0. The van der Waals surface area contributed by atoms with Crippen LogP contribution >= 0.6 is 0 Å². The van der Waals surface area contributed by atoms with Gasteiger partial charge < -0.3 is 0 Å². The fourth-order valence-corrected chi connectivity index (χ4v) is 3.04. The number of allylic oxidation sites excluding steroid dienone is 1. The van der Waals surface area contributed by atoms with Crippen LogP contribution in [0, 0.1) is 23.2 Å². The topological polar surface area (TPSA) is 0 Å². The first-order valence-corrected chi connectivity index (χ1v) is 4.71. The molecular weight excluding hydrogens is 132 g/mol. The van der Waals surface area contributed by atoms with Gasteiger partial charge >= 0.3 is 0 Å². The van der Waals surface area contributed by atoms with Crippen molar-refractivity contribution in [3.8, 4) is 0 Å². The smallest absolute Gasteiger partial charge is 0.0201 e. The van der Waals surface area contributed by atoms with Crippen molar-refractivity contribution < 1.29 is 0 Å². The van der Waals surface area contributed by atoms with Gasteiger partial charge in [-0.15, -0.1) is 0 Å². The quantitative estimate of drug-likeness (QED) is 0.465. The highest BCUT2D eigenvalue weighted by Crippen LogP contribution is 2.62. The summed E-state index contributed by atoms with van der Waals surface area (Å²) in [5.41, 5.74) is 2.13. The highest BCUT2D eigenvalue weighted by Gasteiger charge is 2.53. The molecule has 0 heterocycles. The number of fused-ring (bicyclic) bond motifs is 2. The molecule has 3 aliphatic rings. The molecule has 0 amide bonds. The van der Waals surface area contributed by atoms with Crippen molar-refractivity contribution in [3.63, 3.8) is 0 Å². The predicted octanol–water partition coefficient (Wildman–Crippen LogP) is 3.24. The average molecular weight is 150 g/mol. The molecule has 62 valence electrons. The lowest BCUT2D eigenvalue weighted by Crippen LogP contribution is -2.52. The highest BCUT2D eigenvalue weighted by molar-refractivity contribution is 5.17. The van der Waals surface area contributed by atoms with E-state index in [9.17, 15) is 0 Å². The fraction of sp³-hybridized carbons (Fsp3) is 0.818. The Kier molecular flexibility index (Phi) is 1.28. The Balaban J connectivity index is 2.23. The molecule has 0 nitrogen and oxygen atoms in total. The molecule has 0 heteroatoms. The third-order valence-electron chi connectivity index (χ3n) is 4.30. The molecule has 3 saturated carbocycles. The number of hydrogen-bond acceptors (Lipinski definition) is 0. The molecule has 0 spiro atoms. The zero-order valence-corrected chi connectivity index (χ0v) is 7.85. The molecule has 3 atom stereocenters. The zero-order chi connectivity index (χ0) is 8.22. The molecule has 0 aromatic rings. The third kappa shape index (κ3) is 0.758. The fourth-order valence-electron chi connectivity index (χ4n) is 3.04. The van der Waals surface area contributed by atoms with E-state index in [1.165, 1.54) is 18.4 Å². The Morgan fingerprint density at radius 1 is 1.45 bits per heavy atom. The Bertz CT molecular complexity index is 200. The van der Waals surface area contributed by atoms with Crippen molar-refractivity contribution >= 4 is 0 Å². The lowest BCUT2D eigenvalue weighted by atomic mass is 9.45. The maximum Gasteiger partial charge on any atom is -0.0201 e. The third-order valence-corrected chi connectivity index (χ3v) is 4.30. The average Bonchev–Trinajstić information content (AvgIpc) is 1.93. The standard InChI is InChI=1S/C11H18/c1-7-5-9-6-10(8(7)2)11(9,3)4/h8-10H,1,5-6H2,2-4H3/t8-,9+,10+/m1/s1. The summed E-state index contributed by atoms with van der Waals surface area (Å²) < 4.78 is 0. The van der Waals surface area contributed by atoms with Crippen LogP contribution < -0.4 is 0 Å². The van der Waals surface area contributed by atoms with E-state index in [2.05, 4.69) is 27.4 Å². The summed E-state index contributed by atoms with van der Waals surface area (Å²) in [6.07, 6.45) is 2.76. The van der Waals surface area contributed by atoms with E-state index in [0.29, 0.717) is 5.41 Å². The van der Waals surface area contributed by atoms with E-state index < -0.39 is 0 Å². The van der Waals surface area contributed by atoms with Gasteiger partial charge in [0.05, 0.1) is 0 Å². The molecule has 3 rings (SSSR count). The molecule has 0 N–H and O–H groups in total. The van der Waals surface area contributed by atoms with Gasteiger partial charge in [0.2, 0.25) is 0 Å². The van der Waals surface area contributed by atoms with Crippen molar-refractivity contribution in [3.05, 3.63) is 12.2 Å². The van der Waals surface area contributed by atoms with Gasteiger partial charge in [0, 0.05) is 0 Å². The summed E-state index contributed by atoms with van der Waals surface area (Å²) >= 11 is 0. The van der Waals surface area contributed by atoms with E-state index in [0.717, 1.165) is 17.8 Å². The lowest BCUT2D eigenvalue weighted by Gasteiger charge is -2.60. The summed E-state index contributed by atoms with van der Waals surface area (Å²) in [6, 6.07) is 0. The normalized spacial score (nSPS) is 46.8. The first-order valence-electron chi connectivity index (χ1n) is 4.71. The summed E-state index contributed by atoms with van der Waals surface area (Å²) in [5.74, 6) is 2.68. The van der Waals surface area contributed by atoms with Crippen molar-refractivity contribution in [2.75, 3.05) is 0 Å². The Hall–Kier alpha value is -0.260. The van der Waals surface area contributed by atoms with Gasteiger partial charge in [0.1, 0.15) is 0 Å². The SMILES string of the molecule is C=C1C[C@H]2C[C@@H]([C@@H]1C)C2(C)C. The highest BCUT2D eigenvalue weighted by atomic mass is 14.6. The molecule has 0 aromatic heterocycles. The summed E-state index contributed by atoms with van der Waals surface area (Å²) in [6.45, 7) is 11.3. The van der Waals surface area contributed by atoms with Crippen molar-refractivity contribution in [2.24, 2.45) is 23.2 Å². The van der Waals surface area contributed by atoms with Gasteiger partial charge in [-0.1, -0.05) is 32.9 Å². The molecule has 0 unspecified atom stereocenters. The first-order chi connectivity index (χ1) is 5.03. The molecule has 0 radical (unpaired) electrons. The van der Waals surface area contributed by atoms with Crippen LogP contribution in [0.15, 0.2) is 12.2 Å². The maximum atomic E-state index is 4.14. The minimum absolute atomic E-state index is 0.626. The number of hydrogen-bond donors (Lipinski definition) is 0. The summed E-state index contributed by atoms with van der Waals surface area (Å²) in [4.78, 5) is 0. The van der Waals surface area contributed by atoms with E-state index in [1.54, 1.807) is 0 Å². The Labute approximate surface area is 69.7 Å². The van der Waals surface area contributed by atoms with Crippen LogP contribution in [0.25, 0.3) is 0 Å². The maximum absolute atomic E-state index is 4.14. The van der Waals surface area contributed by atoms with Gasteiger partial charge in [-0.3, -0.25) is 0 Å². The van der Waals surface area contributed by atoms with Gasteiger partial charge in [0.25, 0.3) is 0 Å². The van der Waals surface area contributed by atoms with Crippen molar-refractivity contribution in [1.82, 2.24) is 0 Å². The molecule has 0 aliphatic heterocycles. The molecule has 3 fully saturated rings. The molecule has 0 aromatic carbocycles. The predicted molar refractivity (Wildman–Crippen MR) is 48.3 cm³/mol. The molecule has 3 aliphatic carbocycles. The minimum Gasteiger partial charge on any atom is -0.0996 e. The molecule has 2 bridgehead atoms. The van der Waals surface area contributed by atoms with Crippen LogP contribution in [-0.4, -0.2) is 0 Å². The van der Waals surface area contributed by atoms with E-state index in [1.807, 2.05) is 0 Å². The van der Waals surface area contributed by atoms with Crippen LogP contribution in [0.3, 0.4) is 0 Å².